The Morgan fingerprint density at radius 3 is 2.92 bits per heavy atom. The molecule has 2 heterocycles. The van der Waals surface area contributed by atoms with Crippen LogP contribution in [0.5, 0.6) is 0 Å². The molecule has 0 saturated carbocycles. The van der Waals surface area contributed by atoms with Crippen molar-refractivity contribution in [1.29, 1.82) is 0 Å². The number of hydrogen-bond donors (Lipinski definition) is 2. The van der Waals surface area contributed by atoms with Crippen molar-refractivity contribution in [2.75, 3.05) is 18.1 Å². The van der Waals surface area contributed by atoms with E-state index in [9.17, 15) is 9.18 Å². The summed E-state index contributed by atoms with van der Waals surface area (Å²) in [6.07, 6.45) is 0. The predicted molar refractivity (Wildman–Crippen MR) is 95.9 cm³/mol. The number of nitrogens with one attached hydrogen (secondary N) is 1. The van der Waals surface area contributed by atoms with E-state index in [-0.39, 0.29) is 24.4 Å². The fraction of sp³-hybridized carbons (Fsp3) is 0.412. The van der Waals surface area contributed by atoms with Gasteiger partial charge in [0.2, 0.25) is 0 Å². The average molecular weight is 349 g/mol. The normalized spacial score (nSPS) is 18.0. The monoisotopic (exact) mass is 349 g/mol. The molecule has 3 N–H and O–H groups in total. The summed E-state index contributed by atoms with van der Waals surface area (Å²) in [6.45, 7) is 5.73. The van der Waals surface area contributed by atoms with E-state index in [1.165, 1.54) is 12.1 Å². The van der Waals surface area contributed by atoms with Crippen LogP contribution >= 0.6 is 11.8 Å². The van der Waals surface area contributed by atoms with E-state index in [0.717, 1.165) is 16.5 Å². The van der Waals surface area contributed by atoms with Crippen molar-refractivity contribution in [1.82, 2.24) is 4.98 Å². The smallest absolute Gasteiger partial charge is 0.311 e. The predicted octanol–water partition coefficient (Wildman–Crippen LogP) is 3.34. The summed E-state index contributed by atoms with van der Waals surface area (Å²) in [5, 5.41) is 1.54. The van der Waals surface area contributed by atoms with Crippen LogP contribution in [0, 0.1) is 11.2 Å². The van der Waals surface area contributed by atoms with Gasteiger partial charge in [0, 0.05) is 11.1 Å². The number of aliphatic imine (C=N–C) groups is 1. The molecule has 1 aliphatic rings. The van der Waals surface area contributed by atoms with Crippen molar-refractivity contribution in [2.24, 2.45) is 10.4 Å². The van der Waals surface area contributed by atoms with Crippen LogP contribution in [0.15, 0.2) is 23.2 Å². The molecule has 3 rings (SSSR count). The SMILES string of the molecule is CC(C)(C)C(=O)OCC1CSC(c2cc3cc(F)cc(N)c3[nH]2)=N1. The zero-order valence-electron chi connectivity index (χ0n) is 13.9. The second-order valence-electron chi connectivity index (χ2n) is 6.89. The molecular formula is C17H20FN3O2S. The van der Waals surface area contributed by atoms with Crippen LogP contribution in [-0.2, 0) is 9.53 Å². The molecule has 7 heteroatoms. The van der Waals surface area contributed by atoms with E-state index in [4.69, 9.17) is 10.5 Å². The van der Waals surface area contributed by atoms with Crippen molar-refractivity contribution in [3.8, 4) is 0 Å². The minimum absolute atomic E-state index is 0.0724. The molecule has 2 aromatic rings. The van der Waals surface area contributed by atoms with Gasteiger partial charge in [-0.3, -0.25) is 9.79 Å². The maximum Gasteiger partial charge on any atom is 0.311 e. The Morgan fingerprint density at radius 2 is 2.21 bits per heavy atom. The van der Waals surface area contributed by atoms with Crippen LogP contribution in [0.25, 0.3) is 10.9 Å². The Balaban J connectivity index is 1.74. The van der Waals surface area contributed by atoms with Gasteiger partial charge in [-0.15, -0.1) is 11.8 Å². The van der Waals surface area contributed by atoms with E-state index in [1.807, 2.05) is 26.8 Å². The van der Waals surface area contributed by atoms with E-state index in [1.54, 1.807) is 11.8 Å². The summed E-state index contributed by atoms with van der Waals surface area (Å²) in [6, 6.07) is 4.50. The minimum atomic E-state index is -0.517. The fourth-order valence-electron chi connectivity index (χ4n) is 2.39. The van der Waals surface area contributed by atoms with Gasteiger partial charge in [-0.25, -0.2) is 4.39 Å². The highest BCUT2D eigenvalue weighted by atomic mass is 32.2. The molecule has 0 amide bonds. The molecule has 0 spiro atoms. The molecule has 1 aromatic carbocycles. The van der Waals surface area contributed by atoms with E-state index in [0.29, 0.717) is 16.6 Å². The van der Waals surface area contributed by atoms with E-state index >= 15 is 0 Å². The molecule has 128 valence electrons. The fourth-order valence-corrected chi connectivity index (χ4v) is 3.40. The number of thioether (sulfide) groups is 1. The lowest BCUT2D eigenvalue weighted by molar-refractivity contribution is -0.153. The molecule has 24 heavy (non-hydrogen) atoms. The summed E-state index contributed by atoms with van der Waals surface area (Å²) in [4.78, 5) is 19.6. The minimum Gasteiger partial charge on any atom is -0.463 e. The Hall–Kier alpha value is -2.02. The Morgan fingerprint density at radius 1 is 1.46 bits per heavy atom. The molecule has 0 aliphatic carbocycles. The first-order chi connectivity index (χ1) is 11.2. The first-order valence-electron chi connectivity index (χ1n) is 7.70. The topological polar surface area (TPSA) is 80.5 Å². The average Bonchev–Trinajstić information content (AvgIpc) is 3.09. The third-order valence-corrected chi connectivity index (χ3v) is 4.84. The van der Waals surface area contributed by atoms with E-state index < -0.39 is 5.41 Å². The number of anilines is 1. The molecule has 0 bridgehead atoms. The van der Waals surface area contributed by atoms with Crippen LogP contribution in [0.1, 0.15) is 26.5 Å². The second-order valence-corrected chi connectivity index (χ2v) is 7.90. The number of hydrogen-bond acceptors (Lipinski definition) is 5. The third-order valence-electron chi connectivity index (χ3n) is 3.69. The maximum absolute atomic E-state index is 13.4. The molecule has 0 fully saturated rings. The number of ether oxygens (including phenoxy) is 1. The van der Waals surface area contributed by atoms with Gasteiger partial charge in [-0.05, 0) is 39.0 Å². The zero-order valence-corrected chi connectivity index (χ0v) is 14.7. The summed E-state index contributed by atoms with van der Waals surface area (Å²) >= 11 is 1.58. The number of carbonyl (C=O) groups is 1. The molecule has 5 nitrogen and oxygen atoms in total. The molecule has 1 aromatic heterocycles. The lowest BCUT2D eigenvalue weighted by Crippen LogP contribution is -2.26. The largest absolute Gasteiger partial charge is 0.463 e. The van der Waals surface area contributed by atoms with Gasteiger partial charge in [-0.2, -0.15) is 0 Å². The number of fused-ring (bicyclic) bond motifs is 1. The maximum atomic E-state index is 13.4. The van der Waals surface area contributed by atoms with Gasteiger partial charge in [0.1, 0.15) is 17.5 Å². The number of aromatic nitrogens is 1. The Bertz CT molecular complexity index is 823. The van der Waals surface area contributed by atoms with Gasteiger partial charge in [0.25, 0.3) is 0 Å². The molecule has 1 unspecified atom stereocenters. The van der Waals surface area contributed by atoms with Crippen LogP contribution in [0.2, 0.25) is 0 Å². The lowest BCUT2D eigenvalue weighted by atomic mass is 9.97. The summed E-state index contributed by atoms with van der Waals surface area (Å²) < 4.78 is 18.8. The van der Waals surface area contributed by atoms with Gasteiger partial charge < -0.3 is 15.5 Å². The highest BCUT2D eigenvalue weighted by Gasteiger charge is 2.26. The van der Waals surface area contributed by atoms with Crippen LogP contribution in [0.4, 0.5) is 10.1 Å². The number of H-pyrrole nitrogens is 1. The van der Waals surface area contributed by atoms with Crippen molar-refractivity contribution >= 4 is 39.4 Å². The standard InChI is InChI=1S/C17H20FN3O2S/c1-17(2,3)16(22)23-7-11-8-24-15(20-11)13-5-9-4-10(18)6-12(19)14(9)21-13/h4-6,11,21H,7-8,19H2,1-3H3. The number of carbonyl (C=O) groups excluding carboxylic acids is 1. The summed E-state index contributed by atoms with van der Waals surface area (Å²) in [5.74, 6) is 0.148. The highest BCUT2D eigenvalue weighted by Crippen LogP contribution is 2.29. The summed E-state index contributed by atoms with van der Waals surface area (Å²) in [5.41, 5.74) is 7.21. The quantitative estimate of drug-likeness (QED) is 0.658. The second kappa shape index (κ2) is 6.12. The van der Waals surface area contributed by atoms with Crippen molar-refractivity contribution in [3.05, 3.63) is 29.7 Å². The molecule has 0 radical (unpaired) electrons. The lowest BCUT2D eigenvalue weighted by Gasteiger charge is -2.17. The Labute approximate surface area is 143 Å². The number of nitrogen functional groups attached to an aromatic ring is 1. The number of benzene rings is 1. The Kier molecular flexibility index (Phi) is 4.29. The van der Waals surface area contributed by atoms with Gasteiger partial charge in [-0.1, -0.05) is 0 Å². The molecule has 1 atom stereocenters. The molecular weight excluding hydrogens is 329 g/mol. The number of aromatic amines is 1. The number of nitrogens with two attached hydrogens (primary N) is 1. The first kappa shape index (κ1) is 16.8. The van der Waals surface area contributed by atoms with Gasteiger partial charge >= 0.3 is 5.97 Å². The van der Waals surface area contributed by atoms with Gasteiger partial charge in [0.05, 0.1) is 28.4 Å². The number of rotatable bonds is 3. The molecule has 1 aliphatic heterocycles. The number of nitrogens with zero attached hydrogens (tertiary/aromatic N) is 1. The number of halogens is 1. The van der Waals surface area contributed by atoms with Crippen LogP contribution in [-0.4, -0.2) is 34.4 Å². The van der Waals surface area contributed by atoms with Crippen LogP contribution in [0.3, 0.4) is 0 Å². The summed E-state index contributed by atoms with van der Waals surface area (Å²) in [7, 11) is 0. The molecule has 0 saturated heterocycles. The first-order valence-corrected chi connectivity index (χ1v) is 8.68. The zero-order chi connectivity index (χ0) is 17.5. The van der Waals surface area contributed by atoms with Crippen molar-refractivity contribution in [3.63, 3.8) is 0 Å². The highest BCUT2D eigenvalue weighted by molar-refractivity contribution is 8.14. The van der Waals surface area contributed by atoms with E-state index in [2.05, 4.69) is 9.98 Å². The van der Waals surface area contributed by atoms with Gasteiger partial charge in [0.15, 0.2) is 0 Å². The van der Waals surface area contributed by atoms with Crippen molar-refractivity contribution in [2.45, 2.75) is 26.8 Å². The van der Waals surface area contributed by atoms with Crippen LogP contribution < -0.4 is 5.73 Å². The van der Waals surface area contributed by atoms with Crippen molar-refractivity contribution < 1.29 is 13.9 Å². The third kappa shape index (κ3) is 3.40. The number of esters is 1.